The van der Waals surface area contributed by atoms with Crippen molar-refractivity contribution in [2.24, 2.45) is 5.73 Å². The molecule has 1 aliphatic rings. The Morgan fingerprint density at radius 2 is 1.69 bits per heavy atom. The Balaban J connectivity index is 1.89. The number of carbonyl (C=O) groups is 2. The van der Waals surface area contributed by atoms with E-state index in [1.165, 1.54) is 0 Å². The van der Waals surface area contributed by atoms with E-state index in [1.54, 1.807) is 0 Å². The summed E-state index contributed by atoms with van der Waals surface area (Å²) in [6.07, 6.45) is -0.200. The van der Waals surface area contributed by atoms with Crippen LogP contribution in [0.15, 0.2) is 60.7 Å². The van der Waals surface area contributed by atoms with Gasteiger partial charge in [0.25, 0.3) is 0 Å². The van der Waals surface area contributed by atoms with Crippen molar-refractivity contribution in [3.63, 3.8) is 0 Å². The molecule has 1 aliphatic heterocycles. The van der Waals surface area contributed by atoms with Crippen LogP contribution in [-0.4, -0.2) is 36.0 Å². The average molecular weight is 353 g/mol. The van der Waals surface area contributed by atoms with Crippen LogP contribution >= 0.6 is 0 Å². The Bertz CT molecular complexity index is 751. The van der Waals surface area contributed by atoms with E-state index in [-0.39, 0.29) is 12.2 Å². The van der Waals surface area contributed by atoms with E-state index >= 15 is 0 Å². The fourth-order valence-electron chi connectivity index (χ4n) is 3.40. The molecule has 3 unspecified atom stereocenters. The van der Waals surface area contributed by atoms with Crippen LogP contribution in [0.3, 0.4) is 0 Å². The highest BCUT2D eigenvalue weighted by Crippen LogP contribution is 2.31. The molecule has 3 rings (SSSR count). The van der Waals surface area contributed by atoms with Crippen LogP contribution in [0, 0.1) is 0 Å². The van der Waals surface area contributed by atoms with Gasteiger partial charge in [-0.15, -0.1) is 0 Å². The molecule has 0 spiro atoms. The molecule has 6 nitrogen and oxygen atoms in total. The third-order valence-corrected chi connectivity index (χ3v) is 4.44. The SMILES string of the molecule is CC1CN(C(C(=O)NC(N)=O)c2ccccc2)CC(c2ccccc2)O1. The minimum Gasteiger partial charge on any atom is -0.368 e. The van der Waals surface area contributed by atoms with Gasteiger partial charge in [-0.25, -0.2) is 4.79 Å². The van der Waals surface area contributed by atoms with E-state index in [1.807, 2.05) is 72.5 Å². The smallest absolute Gasteiger partial charge is 0.318 e. The van der Waals surface area contributed by atoms with Gasteiger partial charge < -0.3 is 10.5 Å². The number of hydrogen-bond donors (Lipinski definition) is 2. The number of morpholine rings is 1. The molecule has 3 atom stereocenters. The third kappa shape index (κ3) is 4.28. The molecule has 0 aliphatic carbocycles. The van der Waals surface area contributed by atoms with Crippen molar-refractivity contribution < 1.29 is 14.3 Å². The molecular formula is C20H23N3O3. The Labute approximate surface area is 152 Å². The van der Waals surface area contributed by atoms with Gasteiger partial charge in [0.1, 0.15) is 6.04 Å². The van der Waals surface area contributed by atoms with Crippen LogP contribution in [-0.2, 0) is 9.53 Å². The van der Waals surface area contributed by atoms with Crippen molar-refractivity contribution in [3.05, 3.63) is 71.8 Å². The Morgan fingerprint density at radius 1 is 1.08 bits per heavy atom. The minimum absolute atomic E-state index is 0.0541. The molecule has 6 heteroatoms. The lowest BCUT2D eigenvalue weighted by molar-refractivity contribution is -0.133. The van der Waals surface area contributed by atoms with Crippen molar-refractivity contribution in [2.75, 3.05) is 13.1 Å². The normalized spacial score (nSPS) is 21.7. The molecule has 2 aromatic carbocycles. The van der Waals surface area contributed by atoms with Crippen molar-refractivity contribution in [2.45, 2.75) is 25.2 Å². The van der Waals surface area contributed by atoms with Crippen molar-refractivity contribution in [3.8, 4) is 0 Å². The van der Waals surface area contributed by atoms with Gasteiger partial charge in [0.2, 0.25) is 5.91 Å². The molecule has 1 heterocycles. The lowest BCUT2D eigenvalue weighted by Crippen LogP contribution is -2.50. The Morgan fingerprint density at radius 3 is 2.31 bits per heavy atom. The molecule has 0 radical (unpaired) electrons. The summed E-state index contributed by atoms with van der Waals surface area (Å²) in [5, 5.41) is 2.23. The summed E-state index contributed by atoms with van der Waals surface area (Å²) in [5.74, 6) is -0.426. The lowest BCUT2D eigenvalue weighted by Gasteiger charge is -2.40. The largest absolute Gasteiger partial charge is 0.368 e. The van der Waals surface area contributed by atoms with Crippen LogP contribution in [0.2, 0.25) is 0 Å². The van der Waals surface area contributed by atoms with E-state index < -0.39 is 18.0 Å². The van der Waals surface area contributed by atoms with Crippen LogP contribution in [0.5, 0.6) is 0 Å². The number of ether oxygens (including phenoxy) is 1. The van der Waals surface area contributed by atoms with Gasteiger partial charge in [-0.3, -0.25) is 15.0 Å². The molecule has 1 fully saturated rings. The summed E-state index contributed by atoms with van der Waals surface area (Å²) in [5.41, 5.74) is 7.04. The first-order chi connectivity index (χ1) is 12.5. The number of imide groups is 1. The molecule has 3 N–H and O–H groups in total. The number of hydrogen-bond acceptors (Lipinski definition) is 4. The number of benzene rings is 2. The molecule has 0 bridgehead atoms. The maximum Gasteiger partial charge on any atom is 0.318 e. The van der Waals surface area contributed by atoms with E-state index in [4.69, 9.17) is 10.5 Å². The number of urea groups is 1. The first-order valence-corrected chi connectivity index (χ1v) is 8.64. The van der Waals surface area contributed by atoms with Gasteiger partial charge in [0.05, 0.1) is 12.2 Å². The second kappa shape index (κ2) is 8.12. The molecule has 0 aromatic heterocycles. The second-order valence-electron chi connectivity index (χ2n) is 6.47. The van der Waals surface area contributed by atoms with Crippen molar-refractivity contribution in [1.29, 1.82) is 0 Å². The standard InChI is InChI=1S/C20H23N3O3/c1-14-12-23(13-17(26-14)15-8-4-2-5-9-15)18(19(24)22-20(21)25)16-10-6-3-7-11-16/h2-11,14,17-18H,12-13H2,1H3,(H3,21,22,24,25). The minimum atomic E-state index is -0.850. The maximum atomic E-state index is 12.7. The monoisotopic (exact) mass is 353 g/mol. The van der Waals surface area contributed by atoms with Gasteiger partial charge in [0.15, 0.2) is 0 Å². The molecule has 2 aromatic rings. The molecule has 26 heavy (non-hydrogen) atoms. The number of nitrogens with two attached hydrogens (primary N) is 1. The molecule has 0 saturated carbocycles. The van der Waals surface area contributed by atoms with Gasteiger partial charge >= 0.3 is 6.03 Å². The van der Waals surface area contributed by atoms with E-state index in [9.17, 15) is 9.59 Å². The van der Waals surface area contributed by atoms with E-state index in [2.05, 4.69) is 5.32 Å². The van der Waals surface area contributed by atoms with Crippen molar-refractivity contribution >= 4 is 11.9 Å². The molecule has 136 valence electrons. The quantitative estimate of drug-likeness (QED) is 0.884. The zero-order valence-corrected chi connectivity index (χ0v) is 14.7. The summed E-state index contributed by atoms with van der Waals surface area (Å²) < 4.78 is 6.08. The van der Waals surface area contributed by atoms with Crippen LogP contribution in [0.4, 0.5) is 4.79 Å². The van der Waals surface area contributed by atoms with Crippen molar-refractivity contribution in [1.82, 2.24) is 10.2 Å². The maximum absolute atomic E-state index is 12.7. The predicted octanol–water partition coefficient (Wildman–Crippen LogP) is 2.38. The Hall–Kier alpha value is -2.70. The zero-order valence-electron chi connectivity index (χ0n) is 14.7. The van der Waals surface area contributed by atoms with Crippen LogP contribution in [0.25, 0.3) is 0 Å². The fourth-order valence-corrected chi connectivity index (χ4v) is 3.40. The predicted molar refractivity (Wildman–Crippen MR) is 98.2 cm³/mol. The second-order valence-corrected chi connectivity index (χ2v) is 6.47. The number of amides is 3. The van der Waals surface area contributed by atoms with Gasteiger partial charge in [-0.2, -0.15) is 0 Å². The number of primary amides is 1. The van der Waals surface area contributed by atoms with Crippen LogP contribution < -0.4 is 11.1 Å². The Kier molecular flexibility index (Phi) is 5.65. The molecular weight excluding hydrogens is 330 g/mol. The summed E-state index contributed by atoms with van der Waals surface area (Å²) in [4.78, 5) is 26.0. The highest BCUT2D eigenvalue weighted by molar-refractivity contribution is 5.96. The summed E-state index contributed by atoms with van der Waals surface area (Å²) in [6.45, 7) is 3.10. The van der Waals surface area contributed by atoms with E-state index in [0.717, 1.165) is 11.1 Å². The first-order valence-electron chi connectivity index (χ1n) is 8.64. The van der Waals surface area contributed by atoms with E-state index in [0.29, 0.717) is 13.1 Å². The summed E-state index contributed by atoms with van der Waals surface area (Å²) in [6, 6.07) is 17.9. The summed E-state index contributed by atoms with van der Waals surface area (Å²) in [7, 11) is 0. The summed E-state index contributed by atoms with van der Waals surface area (Å²) >= 11 is 0. The number of rotatable bonds is 4. The highest BCUT2D eigenvalue weighted by atomic mass is 16.5. The fraction of sp³-hybridized carbons (Fsp3) is 0.300. The van der Waals surface area contributed by atoms with Crippen LogP contribution in [0.1, 0.15) is 30.2 Å². The zero-order chi connectivity index (χ0) is 18.5. The molecule has 1 saturated heterocycles. The average Bonchev–Trinajstić information content (AvgIpc) is 2.62. The molecule has 3 amide bonds. The number of nitrogens with one attached hydrogen (secondary N) is 1. The third-order valence-electron chi connectivity index (χ3n) is 4.44. The first kappa shape index (κ1) is 18.1. The topological polar surface area (TPSA) is 84.7 Å². The highest BCUT2D eigenvalue weighted by Gasteiger charge is 2.35. The lowest BCUT2D eigenvalue weighted by atomic mass is 10.00. The van der Waals surface area contributed by atoms with Gasteiger partial charge in [-0.05, 0) is 18.1 Å². The van der Waals surface area contributed by atoms with Gasteiger partial charge in [-0.1, -0.05) is 60.7 Å². The number of nitrogens with zero attached hydrogens (tertiary/aromatic N) is 1. The van der Waals surface area contributed by atoms with Gasteiger partial charge in [0, 0.05) is 13.1 Å². The number of carbonyl (C=O) groups excluding carboxylic acids is 2.